The topological polar surface area (TPSA) is 102 Å². The third kappa shape index (κ3) is 3.02. The van der Waals surface area contributed by atoms with Gasteiger partial charge in [-0.05, 0) is 30.3 Å². The number of carbonyl (C=O) groups is 1. The first-order chi connectivity index (χ1) is 15.1. The monoisotopic (exact) mass is 417 g/mol. The highest BCUT2D eigenvalue weighted by Gasteiger charge is 2.32. The molecule has 1 aliphatic heterocycles. The van der Waals surface area contributed by atoms with Gasteiger partial charge in [-0.1, -0.05) is 0 Å². The zero-order chi connectivity index (χ0) is 21.5. The van der Waals surface area contributed by atoms with E-state index < -0.39 is 0 Å². The van der Waals surface area contributed by atoms with Crippen molar-refractivity contribution in [2.24, 2.45) is 0 Å². The molecule has 2 aromatic carbocycles. The lowest BCUT2D eigenvalue weighted by atomic mass is 10.1. The number of hydrogen-bond acceptors (Lipinski definition) is 7. The summed E-state index contributed by atoms with van der Waals surface area (Å²) in [4.78, 5) is 23.7. The third-order valence-electron chi connectivity index (χ3n) is 5.25. The summed E-state index contributed by atoms with van der Waals surface area (Å²) in [6, 6.07) is 9.26. The number of amides is 1. The summed E-state index contributed by atoms with van der Waals surface area (Å²) in [6.45, 7) is 0. The number of aromatic nitrogens is 4. The van der Waals surface area contributed by atoms with Crippen molar-refractivity contribution in [3.8, 4) is 28.5 Å². The maximum Gasteiger partial charge on any atom is 0.238 e. The van der Waals surface area contributed by atoms with Gasteiger partial charge in [0.1, 0.15) is 0 Å². The van der Waals surface area contributed by atoms with Crippen LogP contribution in [0.4, 0.5) is 11.5 Å². The zero-order valence-electron chi connectivity index (χ0n) is 17.2. The van der Waals surface area contributed by atoms with E-state index >= 15 is 0 Å². The Bertz CT molecular complexity index is 1290. The molecule has 0 fully saturated rings. The summed E-state index contributed by atoms with van der Waals surface area (Å²) >= 11 is 0. The second-order valence-corrected chi connectivity index (χ2v) is 6.99. The molecule has 0 spiro atoms. The number of anilines is 2. The van der Waals surface area contributed by atoms with E-state index in [1.54, 1.807) is 50.8 Å². The fourth-order valence-electron chi connectivity index (χ4n) is 3.75. The Morgan fingerprint density at radius 3 is 2.48 bits per heavy atom. The highest BCUT2D eigenvalue weighted by Crippen LogP contribution is 2.42. The summed E-state index contributed by atoms with van der Waals surface area (Å²) in [6.07, 6.45) is 3.56. The molecule has 0 aliphatic carbocycles. The van der Waals surface area contributed by atoms with E-state index in [-0.39, 0.29) is 12.3 Å². The van der Waals surface area contributed by atoms with Crippen LogP contribution in [0.15, 0.2) is 42.7 Å². The lowest BCUT2D eigenvalue weighted by Crippen LogP contribution is -2.21. The van der Waals surface area contributed by atoms with Crippen LogP contribution in [-0.4, -0.2) is 47.4 Å². The SMILES string of the molecule is COc1cc(-c2cnc3c(n2)N(c2ccc4[nH]ncc4c2)C(=O)C3)cc(OC)c1OC. The van der Waals surface area contributed by atoms with Gasteiger partial charge in [-0.25, -0.2) is 4.98 Å². The molecule has 3 heterocycles. The normalized spacial score (nSPS) is 12.9. The predicted octanol–water partition coefficient (Wildman–Crippen LogP) is 3.27. The number of rotatable bonds is 5. The lowest BCUT2D eigenvalue weighted by Gasteiger charge is -2.17. The maximum atomic E-state index is 12.8. The van der Waals surface area contributed by atoms with Crippen LogP contribution >= 0.6 is 0 Å². The van der Waals surface area contributed by atoms with Gasteiger partial charge >= 0.3 is 0 Å². The molecule has 0 atom stereocenters. The van der Waals surface area contributed by atoms with E-state index in [9.17, 15) is 4.79 Å². The molecule has 31 heavy (non-hydrogen) atoms. The number of nitrogens with one attached hydrogen (secondary N) is 1. The van der Waals surface area contributed by atoms with E-state index in [4.69, 9.17) is 19.2 Å². The van der Waals surface area contributed by atoms with E-state index in [2.05, 4.69) is 15.2 Å². The van der Waals surface area contributed by atoms with Crippen molar-refractivity contribution < 1.29 is 19.0 Å². The molecule has 0 bridgehead atoms. The fourth-order valence-corrected chi connectivity index (χ4v) is 3.75. The summed E-state index contributed by atoms with van der Waals surface area (Å²) in [5, 5.41) is 7.87. The molecule has 2 aromatic heterocycles. The van der Waals surface area contributed by atoms with Crippen LogP contribution in [-0.2, 0) is 11.2 Å². The first-order valence-electron chi connectivity index (χ1n) is 9.55. The number of nitrogens with zero attached hydrogens (tertiary/aromatic N) is 4. The largest absolute Gasteiger partial charge is 0.493 e. The zero-order valence-corrected chi connectivity index (χ0v) is 17.2. The van der Waals surface area contributed by atoms with Gasteiger partial charge in [0.15, 0.2) is 17.3 Å². The van der Waals surface area contributed by atoms with E-state index in [0.29, 0.717) is 40.1 Å². The fraction of sp³-hybridized carbons (Fsp3) is 0.182. The summed E-state index contributed by atoms with van der Waals surface area (Å²) in [5.41, 5.74) is 3.56. The standard InChI is InChI=1S/C22H19N5O4/c1-29-18-7-12(8-19(30-2)21(18)31-3)17-11-23-16-9-20(28)27(22(16)25-17)14-4-5-15-13(6-14)10-24-26-15/h4-8,10-11H,9H2,1-3H3,(H,24,26). The Balaban J connectivity index is 1.61. The van der Waals surface area contributed by atoms with Crippen LogP contribution in [0.3, 0.4) is 0 Å². The van der Waals surface area contributed by atoms with Crippen molar-refractivity contribution in [3.05, 3.63) is 48.4 Å². The number of methoxy groups -OCH3 is 3. The third-order valence-corrected chi connectivity index (χ3v) is 5.25. The first-order valence-corrected chi connectivity index (χ1v) is 9.55. The number of ether oxygens (including phenoxy) is 3. The second kappa shape index (κ2) is 7.28. The van der Waals surface area contributed by atoms with E-state index in [1.807, 2.05) is 18.2 Å². The number of carbonyl (C=O) groups excluding carboxylic acids is 1. The Morgan fingerprint density at radius 2 is 1.77 bits per heavy atom. The van der Waals surface area contributed by atoms with E-state index in [1.165, 1.54) is 0 Å². The van der Waals surface area contributed by atoms with Gasteiger partial charge in [0.2, 0.25) is 11.7 Å². The molecule has 0 saturated heterocycles. The Hall–Kier alpha value is -4.14. The predicted molar refractivity (Wildman–Crippen MR) is 114 cm³/mol. The van der Waals surface area contributed by atoms with Crippen LogP contribution in [0, 0.1) is 0 Å². The minimum atomic E-state index is -0.0834. The average molecular weight is 417 g/mol. The number of H-pyrrole nitrogens is 1. The van der Waals surface area contributed by atoms with Crippen molar-refractivity contribution in [1.82, 2.24) is 20.2 Å². The van der Waals surface area contributed by atoms with Crippen molar-refractivity contribution in [3.63, 3.8) is 0 Å². The minimum Gasteiger partial charge on any atom is -0.493 e. The molecule has 5 rings (SSSR count). The van der Waals surface area contributed by atoms with Gasteiger partial charge in [0.05, 0.1) is 62.7 Å². The van der Waals surface area contributed by atoms with Gasteiger partial charge in [-0.2, -0.15) is 5.10 Å². The Kier molecular flexibility index (Phi) is 4.43. The number of benzene rings is 2. The summed E-state index contributed by atoms with van der Waals surface area (Å²) in [5.74, 6) is 1.95. The molecule has 4 aromatic rings. The molecule has 0 unspecified atom stereocenters. The number of hydrogen-bond donors (Lipinski definition) is 1. The van der Waals surface area contributed by atoms with Crippen LogP contribution in [0.1, 0.15) is 5.69 Å². The van der Waals surface area contributed by atoms with Gasteiger partial charge in [0, 0.05) is 10.9 Å². The van der Waals surface area contributed by atoms with Crippen LogP contribution in [0.2, 0.25) is 0 Å². The molecule has 0 saturated carbocycles. The molecule has 9 nitrogen and oxygen atoms in total. The molecule has 0 radical (unpaired) electrons. The molecule has 1 N–H and O–H groups in total. The van der Waals surface area contributed by atoms with Gasteiger partial charge in [-0.3, -0.25) is 19.8 Å². The molecule has 1 aliphatic rings. The molecular weight excluding hydrogens is 398 g/mol. The summed E-state index contributed by atoms with van der Waals surface area (Å²) < 4.78 is 16.3. The van der Waals surface area contributed by atoms with Crippen molar-refractivity contribution in [2.45, 2.75) is 6.42 Å². The quantitative estimate of drug-likeness (QED) is 0.532. The van der Waals surface area contributed by atoms with Crippen molar-refractivity contribution in [2.75, 3.05) is 26.2 Å². The smallest absolute Gasteiger partial charge is 0.238 e. The Labute approximate surface area is 177 Å². The highest BCUT2D eigenvalue weighted by atomic mass is 16.5. The number of fused-ring (bicyclic) bond motifs is 2. The highest BCUT2D eigenvalue weighted by molar-refractivity contribution is 6.07. The first kappa shape index (κ1) is 18.9. The number of aromatic amines is 1. The maximum absolute atomic E-state index is 12.8. The van der Waals surface area contributed by atoms with E-state index in [0.717, 1.165) is 16.5 Å². The van der Waals surface area contributed by atoms with Gasteiger partial charge < -0.3 is 14.2 Å². The minimum absolute atomic E-state index is 0.0834. The van der Waals surface area contributed by atoms with Crippen LogP contribution < -0.4 is 19.1 Å². The van der Waals surface area contributed by atoms with Gasteiger partial charge in [0.25, 0.3) is 0 Å². The summed E-state index contributed by atoms with van der Waals surface area (Å²) in [7, 11) is 4.67. The average Bonchev–Trinajstić information content (AvgIpc) is 3.40. The van der Waals surface area contributed by atoms with Crippen molar-refractivity contribution in [1.29, 1.82) is 0 Å². The second-order valence-electron chi connectivity index (χ2n) is 6.99. The molecule has 1 amide bonds. The molecular formula is C22H19N5O4. The van der Waals surface area contributed by atoms with Crippen molar-refractivity contribution >= 4 is 28.3 Å². The lowest BCUT2D eigenvalue weighted by molar-refractivity contribution is -0.116. The van der Waals surface area contributed by atoms with Gasteiger partial charge in [-0.15, -0.1) is 0 Å². The Morgan fingerprint density at radius 1 is 1.00 bits per heavy atom. The molecule has 9 heteroatoms. The van der Waals surface area contributed by atoms with Crippen LogP contribution in [0.25, 0.3) is 22.2 Å². The molecule has 156 valence electrons. The van der Waals surface area contributed by atoms with Crippen LogP contribution in [0.5, 0.6) is 17.2 Å².